The van der Waals surface area contributed by atoms with E-state index in [-0.39, 0.29) is 0 Å². The largest absolute Gasteiger partial charge is 0.493 e. The molecular weight excluding hydrogens is 396 g/mol. The van der Waals surface area contributed by atoms with Crippen molar-refractivity contribution in [3.8, 4) is 5.75 Å². The van der Waals surface area contributed by atoms with Crippen LogP contribution >= 0.6 is 11.3 Å². The number of nitrogens with one attached hydrogen (secondary N) is 2. The lowest BCUT2D eigenvalue weighted by atomic mass is 10.1. The van der Waals surface area contributed by atoms with Crippen molar-refractivity contribution in [3.63, 3.8) is 0 Å². The van der Waals surface area contributed by atoms with Crippen LogP contribution in [0.25, 0.3) is 0 Å². The van der Waals surface area contributed by atoms with Gasteiger partial charge in [-0.1, -0.05) is 26.0 Å². The zero-order valence-electron chi connectivity index (χ0n) is 18.5. The van der Waals surface area contributed by atoms with Crippen molar-refractivity contribution in [2.45, 2.75) is 46.1 Å². The second kappa shape index (κ2) is 11.3. The lowest BCUT2D eigenvalue weighted by Gasteiger charge is -2.17. The highest BCUT2D eigenvalue weighted by atomic mass is 32.1. The number of hydrogen-bond acceptors (Lipinski definition) is 5. The van der Waals surface area contributed by atoms with Crippen LogP contribution in [0.15, 0.2) is 28.6 Å². The zero-order valence-corrected chi connectivity index (χ0v) is 19.3. The van der Waals surface area contributed by atoms with E-state index < -0.39 is 0 Å². The molecule has 1 fully saturated rings. The van der Waals surface area contributed by atoms with Crippen molar-refractivity contribution in [1.29, 1.82) is 0 Å². The van der Waals surface area contributed by atoms with Crippen LogP contribution < -0.4 is 15.4 Å². The van der Waals surface area contributed by atoms with Crippen LogP contribution in [0, 0.1) is 12.8 Å². The smallest absolute Gasteiger partial charge is 0.191 e. The second-order valence-corrected chi connectivity index (χ2v) is 8.98. The number of aryl methyl sites for hydroxylation is 1. The summed E-state index contributed by atoms with van der Waals surface area (Å²) in [7, 11) is 1.79. The number of guanidine groups is 1. The Kier molecular flexibility index (Phi) is 8.51. The maximum atomic E-state index is 6.14. The molecule has 2 aromatic rings. The molecule has 0 spiro atoms. The lowest BCUT2D eigenvalue weighted by Crippen LogP contribution is -2.38. The van der Waals surface area contributed by atoms with Gasteiger partial charge in [-0.15, -0.1) is 11.3 Å². The minimum Gasteiger partial charge on any atom is -0.493 e. The van der Waals surface area contributed by atoms with E-state index in [1.807, 2.05) is 0 Å². The normalized spacial score (nSPS) is 16.8. The molecular formula is C23H34N4O2S. The van der Waals surface area contributed by atoms with Gasteiger partial charge in [0, 0.05) is 55.9 Å². The Bertz CT molecular complexity index is 828. The van der Waals surface area contributed by atoms with Crippen LogP contribution in [0.4, 0.5) is 0 Å². The van der Waals surface area contributed by atoms with Crippen molar-refractivity contribution >= 4 is 17.3 Å². The van der Waals surface area contributed by atoms with E-state index in [0.29, 0.717) is 25.0 Å². The number of hydrogen-bond donors (Lipinski definition) is 2. The van der Waals surface area contributed by atoms with E-state index in [2.05, 4.69) is 60.0 Å². The predicted octanol–water partition coefficient (Wildman–Crippen LogP) is 3.90. The molecule has 3 rings (SSSR count). The average Bonchev–Trinajstić information content (AvgIpc) is 3.42. The molecule has 1 aliphatic rings. The Labute approximate surface area is 184 Å². The topological polar surface area (TPSA) is 67.8 Å². The van der Waals surface area contributed by atoms with Crippen LogP contribution in [-0.4, -0.2) is 44.4 Å². The minimum absolute atomic E-state index is 0.484. The molecule has 0 amide bonds. The van der Waals surface area contributed by atoms with Crippen LogP contribution in [-0.2, 0) is 17.7 Å². The van der Waals surface area contributed by atoms with E-state index in [1.54, 1.807) is 18.4 Å². The van der Waals surface area contributed by atoms with E-state index >= 15 is 0 Å². The standard InChI is InChI=1S/C23H34N4O2S/c1-16(2)22-27-20(15-30-22)7-9-25-23(24-4)26-12-19-6-5-17(3)11-21(19)29-14-18-8-10-28-13-18/h5-6,11,15-16,18H,7-10,12-14H2,1-4H3,(H2,24,25,26). The van der Waals surface area contributed by atoms with Gasteiger partial charge in [-0.3, -0.25) is 4.99 Å². The molecule has 1 aromatic heterocycles. The fraction of sp³-hybridized carbons (Fsp3) is 0.565. The van der Waals surface area contributed by atoms with Crippen LogP contribution in [0.2, 0.25) is 0 Å². The molecule has 0 bridgehead atoms. The number of rotatable bonds is 9. The third kappa shape index (κ3) is 6.71. The van der Waals surface area contributed by atoms with E-state index in [9.17, 15) is 0 Å². The molecule has 6 nitrogen and oxygen atoms in total. The molecule has 0 aliphatic carbocycles. The molecule has 2 N–H and O–H groups in total. The molecule has 1 atom stereocenters. The first kappa shape index (κ1) is 22.6. The first-order valence-corrected chi connectivity index (χ1v) is 11.6. The molecule has 0 saturated carbocycles. The van der Waals surface area contributed by atoms with Crippen molar-refractivity contribution < 1.29 is 9.47 Å². The van der Waals surface area contributed by atoms with Gasteiger partial charge in [0.2, 0.25) is 0 Å². The maximum absolute atomic E-state index is 6.14. The summed E-state index contributed by atoms with van der Waals surface area (Å²) in [4.78, 5) is 9.03. The molecule has 164 valence electrons. The molecule has 30 heavy (non-hydrogen) atoms. The van der Waals surface area contributed by atoms with Gasteiger partial charge in [-0.05, 0) is 25.0 Å². The second-order valence-electron chi connectivity index (χ2n) is 8.09. The van der Waals surface area contributed by atoms with Gasteiger partial charge < -0.3 is 20.1 Å². The summed E-state index contributed by atoms with van der Waals surface area (Å²) in [5.41, 5.74) is 3.46. The van der Waals surface area contributed by atoms with E-state index in [0.717, 1.165) is 55.6 Å². The molecule has 1 saturated heterocycles. The van der Waals surface area contributed by atoms with Crippen molar-refractivity contribution in [2.24, 2.45) is 10.9 Å². The first-order chi connectivity index (χ1) is 14.5. The number of benzene rings is 1. The van der Waals surface area contributed by atoms with Gasteiger partial charge in [-0.25, -0.2) is 4.98 Å². The molecule has 1 aliphatic heterocycles. The quantitative estimate of drug-likeness (QED) is 0.467. The molecule has 0 radical (unpaired) electrons. The molecule has 1 unspecified atom stereocenters. The van der Waals surface area contributed by atoms with Crippen molar-refractivity contribution in [2.75, 3.05) is 33.4 Å². The Morgan fingerprint density at radius 3 is 2.93 bits per heavy atom. The summed E-state index contributed by atoms with van der Waals surface area (Å²) >= 11 is 1.74. The Hall–Kier alpha value is -2.12. The number of ether oxygens (including phenoxy) is 2. The Morgan fingerprint density at radius 2 is 2.23 bits per heavy atom. The molecule has 7 heteroatoms. The highest BCUT2D eigenvalue weighted by Gasteiger charge is 2.17. The minimum atomic E-state index is 0.484. The van der Waals surface area contributed by atoms with Gasteiger partial charge in [0.15, 0.2) is 5.96 Å². The summed E-state index contributed by atoms with van der Waals surface area (Å²) in [6.07, 6.45) is 1.96. The highest BCUT2D eigenvalue weighted by molar-refractivity contribution is 7.09. The van der Waals surface area contributed by atoms with Crippen LogP contribution in [0.1, 0.15) is 48.0 Å². The van der Waals surface area contributed by atoms with Crippen LogP contribution in [0.5, 0.6) is 5.75 Å². The van der Waals surface area contributed by atoms with E-state index in [1.165, 1.54) is 10.6 Å². The van der Waals surface area contributed by atoms with Crippen LogP contribution in [0.3, 0.4) is 0 Å². The molecule has 1 aromatic carbocycles. The highest BCUT2D eigenvalue weighted by Crippen LogP contribution is 2.23. The summed E-state index contributed by atoms with van der Waals surface area (Å²) in [6, 6.07) is 6.35. The maximum Gasteiger partial charge on any atom is 0.191 e. The predicted molar refractivity (Wildman–Crippen MR) is 124 cm³/mol. The third-order valence-electron chi connectivity index (χ3n) is 5.13. The Balaban J connectivity index is 1.48. The zero-order chi connectivity index (χ0) is 21.3. The number of aliphatic imine (C=N–C) groups is 1. The van der Waals surface area contributed by atoms with Crippen molar-refractivity contribution in [3.05, 3.63) is 45.4 Å². The third-order valence-corrected chi connectivity index (χ3v) is 6.32. The summed E-state index contributed by atoms with van der Waals surface area (Å²) in [6.45, 7) is 10.2. The van der Waals surface area contributed by atoms with Gasteiger partial charge >= 0.3 is 0 Å². The van der Waals surface area contributed by atoms with Gasteiger partial charge in [0.25, 0.3) is 0 Å². The number of thiazole rings is 1. The Morgan fingerprint density at radius 1 is 1.37 bits per heavy atom. The van der Waals surface area contributed by atoms with Gasteiger partial charge in [0.1, 0.15) is 5.75 Å². The summed E-state index contributed by atoms with van der Waals surface area (Å²) in [5, 5.41) is 10.1. The fourth-order valence-electron chi connectivity index (χ4n) is 3.28. The monoisotopic (exact) mass is 430 g/mol. The summed E-state index contributed by atoms with van der Waals surface area (Å²) in [5.74, 6) is 2.69. The van der Waals surface area contributed by atoms with Crippen molar-refractivity contribution in [1.82, 2.24) is 15.6 Å². The number of aromatic nitrogens is 1. The first-order valence-electron chi connectivity index (χ1n) is 10.7. The molecule has 2 heterocycles. The fourth-order valence-corrected chi connectivity index (χ4v) is 4.15. The SMILES string of the molecule is CN=C(NCCc1csc(C(C)C)n1)NCc1ccc(C)cc1OCC1CCOC1. The van der Waals surface area contributed by atoms with Gasteiger partial charge in [0.05, 0.1) is 23.9 Å². The number of nitrogens with zero attached hydrogens (tertiary/aromatic N) is 2. The lowest BCUT2D eigenvalue weighted by molar-refractivity contribution is 0.166. The average molecular weight is 431 g/mol. The summed E-state index contributed by atoms with van der Waals surface area (Å²) < 4.78 is 11.6. The van der Waals surface area contributed by atoms with Gasteiger partial charge in [-0.2, -0.15) is 0 Å². The van der Waals surface area contributed by atoms with E-state index in [4.69, 9.17) is 14.5 Å².